The lowest BCUT2D eigenvalue weighted by Gasteiger charge is -2.08. The lowest BCUT2D eigenvalue weighted by molar-refractivity contribution is 0.102. The Morgan fingerprint density at radius 1 is 1.17 bits per heavy atom. The van der Waals surface area contributed by atoms with Gasteiger partial charge in [-0.3, -0.25) is 4.79 Å². The van der Waals surface area contributed by atoms with Crippen LogP contribution in [0.4, 0.5) is 5.82 Å². The quantitative estimate of drug-likeness (QED) is 0.570. The van der Waals surface area contributed by atoms with E-state index < -0.39 is 0 Å². The van der Waals surface area contributed by atoms with E-state index >= 15 is 0 Å². The highest BCUT2D eigenvalue weighted by molar-refractivity contribution is 7.19. The fourth-order valence-electron chi connectivity index (χ4n) is 2.40. The fourth-order valence-corrected chi connectivity index (χ4v) is 3.41. The van der Waals surface area contributed by atoms with Crippen molar-refractivity contribution >= 4 is 45.6 Å². The third-order valence-electron chi connectivity index (χ3n) is 3.47. The van der Waals surface area contributed by atoms with E-state index in [1.165, 1.54) is 17.6 Å². The number of anilines is 1. The number of thiophene rings is 1. The molecule has 4 rings (SSSR count). The molecule has 3 aromatic heterocycles. The molecule has 0 saturated carbocycles. The van der Waals surface area contributed by atoms with Crippen LogP contribution in [0.5, 0.6) is 0 Å². The molecule has 0 atom stereocenters. The number of nitrogens with zero attached hydrogens (tertiary/aromatic N) is 2. The van der Waals surface area contributed by atoms with Crippen molar-refractivity contribution in [3.8, 4) is 10.6 Å². The molecule has 0 fully saturated rings. The van der Waals surface area contributed by atoms with Crippen LogP contribution < -0.4 is 5.32 Å². The van der Waals surface area contributed by atoms with Gasteiger partial charge in [-0.05, 0) is 24.3 Å². The van der Waals surface area contributed by atoms with Gasteiger partial charge in [0.1, 0.15) is 6.26 Å². The van der Waals surface area contributed by atoms with Gasteiger partial charge in [-0.2, -0.15) is 0 Å². The summed E-state index contributed by atoms with van der Waals surface area (Å²) in [4.78, 5) is 18.2. The molecule has 0 unspecified atom stereocenters. The predicted octanol–water partition coefficient (Wildman–Crippen LogP) is 4.86. The monoisotopic (exact) mass is 355 g/mol. The lowest BCUT2D eigenvalue weighted by Crippen LogP contribution is -2.13. The van der Waals surface area contributed by atoms with E-state index in [0.717, 1.165) is 15.8 Å². The minimum Gasteiger partial charge on any atom is -0.363 e. The van der Waals surface area contributed by atoms with Gasteiger partial charge >= 0.3 is 0 Å². The zero-order valence-corrected chi connectivity index (χ0v) is 13.8. The Morgan fingerprint density at radius 2 is 2.04 bits per heavy atom. The smallest absolute Gasteiger partial charge is 0.257 e. The highest BCUT2D eigenvalue weighted by Crippen LogP contribution is 2.32. The van der Waals surface area contributed by atoms with Crippen LogP contribution in [-0.4, -0.2) is 16.0 Å². The molecule has 0 saturated heterocycles. The first-order chi connectivity index (χ1) is 11.7. The first-order valence-electron chi connectivity index (χ1n) is 7.08. The minimum absolute atomic E-state index is 0.272. The molecule has 5 nitrogen and oxygen atoms in total. The number of fused-ring (bicyclic) bond motifs is 1. The Kier molecular flexibility index (Phi) is 3.76. The first kappa shape index (κ1) is 14.9. The standard InChI is InChI=1S/C17H10ClN3O2S/c18-15-6-5-14(24-15)13-9-11(10-3-1-2-4-12(10)19-13)17(22)20-16-7-8-23-21-16/h1-9H,(H,20,21,22). The van der Waals surface area contributed by atoms with Crippen LogP contribution in [0, 0.1) is 0 Å². The Morgan fingerprint density at radius 3 is 2.79 bits per heavy atom. The van der Waals surface area contributed by atoms with Gasteiger partial charge in [0.05, 0.1) is 26.0 Å². The predicted molar refractivity (Wildman–Crippen MR) is 94.5 cm³/mol. The van der Waals surface area contributed by atoms with Gasteiger partial charge in [0, 0.05) is 11.5 Å². The number of amides is 1. The summed E-state index contributed by atoms with van der Waals surface area (Å²) >= 11 is 7.44. The molecule has 1 aromatic carbocycles. The van der Waals surface area contributed by atoms with Gasteiger partial charge in [0.25, 0.3) is 5.91 Å². The maximum Gasteiger partial charge on any atom is 0.257 e. The number of carbonyl (C=O) groups is 1. The maximum absolute atomic E-state index is 12.7. The van der Waals surface area contributed by atoms with Crippen LogP contribution in [0.3, 0.4) is 0 Å². The first-order valence-corrected chi connectivity index (χ1v) is 8.27. The zero-order chi connectivity index (χ0) is 16.5. The van der Waals surface area contributed by atoms with Gasteiger partial charge < -0.3 is 9.84 Å². The Labute approximate surface area is 145 Å². The summed E-state index contributed by atoms with van der Waals surface area (Å²) in [5.41, 5.74) is 1.96. The summed E-state index contributed by atoms with van der Waals surface area (Å²) in [6.45, 7) is 0. The van der Waals surface area contributed by atoms with Crippen molar-refractivity contribution in [2.45, 2.75) is 0 Å². The van der Waals surface area contributed by atoms with Crippen molar-refractivity contribution in [2.75, 3.05) is 5.32 Å². The second-order valence-corrected chi connectivity index (χ2v) is 6.73. The molecule has 4 aromatic rings. The van der Waals surface area contributed by atoms with Gasteiger partial charge in [0.2, 0.25) is 0 Å². The second kappa shape index (κ2) is 6.07. The van der Waals surface area contributed by atoms with Crippen molar-refractivity contribution in [2.24, 2.45) is 0 Å². The number of hydrogen-bond acceptors (Lipinski definition) is 5. The minimum atomic E-state index is -0.272. The average Bonchev–Trinajstić information content (AvgIpc) is 3.25. The number of halogens is 1. The molecular formula is C17H10ClN3O2S. The zero-order valence-electron chi connectivity index (χ0n) is 12.2. The molecule has 1 amide bonds. The van der Waals surface area contributed by atoms with E-state index in [1.54, 1.807) is 12.1 Å². The number of rotatable bonds is 3. The van der Waals surface area contributed by atoms with Crippen LogP contribution in [0.25, 0.3) is 21.5 Å². The number of hydrogen-bond donors (Lipinski definition) is 1. The third-order valence-corrected chi connectivity index (χ3v) is 4.72. The number of carbonyl (C=O) groups excluding carboxylic acids is 1. The summed E-state index contributed by atoms with van der Waals surface area (Å²) in [7, 11) is 0. The van der Waals surface area contributed by atoms with E-state index in [4.69, 9.17) is 16.1 Å². The summed E-state index contributed by atoms with van der Waals surface area (Å²) < 4.78 is 5.42. The number of pyridine rings is 1. The Hall–Kier alpha value is -2.70. The third kappa shape index (κ3) is 2.77. The van der Waals surface area contributed by atoms with Crippen LogP contribution >= 0.6 is 22.9 Å². The number of benzene rings is 1. The molecular weight excluding hydrogens is 346 g/mol. The molecule has 24 heavy (non-hydrogen) atoms. The van der Waals surface area contributed by atoms with Gasteiger partial charge in [-0.15, -0.1) is 11.3 Å². The highest BCUT2D eigenvalue weighted by Gasteiger charge is 2.15. The van der Waals surface area contributed by atoms with Gasteiger partial charge in [-0.1, -0.05) is 35.0 Å². The molecule has 7 heteroatoms. The van der Waals surface area contributed by atoms with Crippen molar-refractivity contribution in [1.29, 1.82) is 0 Å². The normalized spacial score (nSPS) is 10.9. The van der Waals surface area contributed by atoms with E-state index in [-0.39, 0.29) is 5.91 Å². The number of aromatic nitrogens is 2. The number of para-hydroxylation sites is 1. The maximum atomic E-state index is 12.7. The van der Waals surface area contributed by atoms with Crippen molar-refractivity contribution in [3.63, 3.8) is 0 Å². The molecule has 0 spiro atoms. The molecule has 0 bridgehead atoms. The Balaban J connectivity index is 1.84. The molecule has 0 aliphatic rings. The molecule has 1 N–H and O–H groups in total. The van der Waals surface area contributed by atoms with E-state index in [9.17, 15) is 4.79 Å². The van der Waals surface area contributed by atoms with Crippen LogP contribution in [0.2, 0.25) is 4.34 Å². The summed E-state index contributed by atoms with van der Waals surface area (Å²) in [5.74, 6) is 0.0908. The second-order valence-electron chi connectivity index (χ2n) is 5.01. The molecule has 3 heterocycles. The van der Waals surface area contributed by atoms with E-state index in [0.29, 0.717) is 21.4 Å². The molecule has 0 aliphatic heterocycles. The SMILES string of the molecule is O=C(Nc1ccon1)c1cc(-c2ccc(Cl)s2)nc2ccccc12. The Bertz CT molecular complexity index is 1030. The van der Waals surface area contributed by atoms with Gasteiger partial charge in [0.15, 0.2) is 5.82 Å². The lowest BCUT2D eigenvalue weighted by atomic mass is 10.1. The average molecular weight is 356 g/mol. The molecule has 118 valence electrons. The molecule has 0 radical (unpaired) electrons. The van der Waals surface area contributed by atoms with Gasteiger partial charge in [-0.25, -0.2) is 4.98 Å². The summed E-state index contributed by atoms with van der Waals surface area (Å²) in [6, 6.07) is 14.6. The van der Waals surface area contributed by atoms with Crippen molar-refractivity contribution < 1.29 is 9.32 Å². The van der Waals surface area contributed by atoms with E-state index in [2.05, 4.69) is 15.5 Å². The fraction of sp³-hybridized carbons (Fsp3) is 0. The van der Waals surface area contributed by atoms with Crippen LogP contribution in [-0.2, 0) is 0 Å². The highest BCUT2D eigenvalue weighted by atomic mass is 35.5. The van der Waals surface area contributed by atoms with Crippen LogP contribution in [0.15, 0.2) is 59.3 Å². The van der Waals surface area contributed by atoms with Crippen LogP contribution in [0.1, 0.15) is 10.4 Å². The largest absolute Gasteiger partial charge is 0.363 e. The van der Waals surface area contributed by atoms with Crippen molar-refractivity contribution in [1.82, 2.24) is 10.1 Å². The summed E-state index contributed by atoms with van der Waals surface area (Å²) in [6.07, 6.45) is 1.40. The number of nitrogens with one attached hydrogen (secondary N) is 1. The van der Waals surface area contributed by atoms with Crippen molar-refractivity contribution in [3.05, 3.63) is 64.7 Å². The van der Waals surface area contributed by atoms with E-state index in [1.807, 2.05) is 36.4 Å². The topological polar surface area (TPSA) is 68.0 Å². The summed E-state index contributed by atoms with van der Waals surface area (Å²) in [5, 5.41) is 7.20. The molecule has 0 aliphatic carbocycles.